The Morgan fingerprint density at radius 1 is 1.07 bits per heavy atom. The van der Waals surface area contributed by atoms with Gasteiger partial charge in [-0.15, -0.1) is 0 Å². The van der Waals surface area contributed by atoms with Crippen molar-refractivity contribution in [2.45, 2.75) is 13.8 Å². The molecule has 0 aromatic heterocycles. The van der Waals surface area contributed by atoms with Gasteiger partial charge in [0.2, 0.25) is 0 Å². The summed E-state index contributed by atoms with van der Waals surface area (Å²) >= 11 is 0. The molecule has 0 radical (unpaired) electrons. The van der Waals surface area contributed by atoms with Crippen molar-refractivity contribution in [3.8, 4) is 0 Å². The van der Waals surface area contributed by atoms with Crippen LogP contribution >= 0.6 is 0 Å². The molecule has 1 aromatic carbocycles. The maximum Gasteiger partial charge on any atom is 0.0500 e. The molecule has 6 heteroatoms. The molecule has 0 aliphatic heterocycles. The number of hydrogen-bond acceptors (Lipinski definition) is 2. The Bertz CT molecular complexity index is 451. The highest BCUT2D eigenvalue weighted by molar-refractivity contribution is 5.66. The first kappa shape index (κ1) is 9.92. The number of rotatable bonds is 2. The molecule has 0 fully saturated rings. The van der Waals surface area contributed by atoms with Gasteiger partial charge in [-0.05, 0) is 36.5 Å². The van der Waals surface area contributed by atoms with Crippen LogP contribution in [0.4, 0.5) is 11.4 Å². The molecule has 0 aliphatic carbocycles. The Hall–Kier alpha value is -2.16. The van der Waals surface area contributed by atoms with Gasteiger partial charge in [-0.1, -0.05) is 21.9 Å². The lowest BCUT2D eigenvalue weighted by molar-refractivity contribution is 1.30. The monoisotopic (exact) mass is 188 g/mol. The second-order valence-corrected chi connectivity index (χ2v) is 2.83. The van der Waals surface area contributed by atoms with Crippen LogP contribution in [0, 0.1) is 13.8 Å². The summed E-state index contributed by atoms with van der Waals surface area (Å²) in [6.45, 7) is 3.68. The Morgan fingerprint density at radius 2 is 1.71 bits per heavy atom. The Kier molecular flexibility index (Phi) is 2.97. The molecule has 0 spiro atoms. The smallest absolute Gasteiger partial charge is 0.0500 e. The van der Waals surface area contributed by atoms with E-state index >= 15 is 0 Å². The molecule has 0 amide bonds. The summed E-state index contributed by atoms with van der Waals surface area (Å²) in [7, 11) is 0. The molecule has 0 unspecified atom stereocenters. The standard InChI is InChI=1S/C8H8N6/c1-5-3-6(2)8(12-14-10)7(4-5)11-13-9/h3-4H,1-2H3. The molecule has 6 nitrogen and oxygen atoms in total. The van der Waals surface area contributed by atoms with Crippen LogP contribution in [-0.4, -0.2) is 0 Å². The SMILES string of the molecule is Cc1cc(C)c(N=[N+]=[N-])c(N=[N+]=[N-])c1. The van der Waals surface area contributed by atoms with Crippen LogP contribution in [0.1, 0.15) is 11.1 Å². The van der Waals surface area contributed by atoms with Gasteiger partial charge < -0.3 is 0 Å². The number of aryl methyl sites for hydroxylation is 2. The highest BCUT2D eigenvalue weighted by atomic mass is 15.2. The molecule has 0 bridgehead atoms. The third kappa shape index (κ3) is 1.95. The molecular weight excluding hydrogens is 180 g/mol. The molecule has 0 heterocycles. The summed E-state index contributed by atoms with van der Waals surface area (Å²) in [6.07, 6.45) is 0. The van der Waals surface area contributed by atoms with E-state index in [1.54, 1.807) is 13.0 Å². The molecule has 0 saturated carbocycles. The van der Waals surface area contributed by atoms with Gasteiger partial charge in [0.15, 0.2) is 0 Å². The highest BCUT2D eigenvalue weighted by Crippen LogP contribution is 2.33. The Morgan fingerprint density at radius 3 is 2.29 bits per heavy atom. The van der Waals surface area contributed by atoms with E-state index < -0.39 is 0 Å². The Labute approximate surface area is 80.4 Å². The van der Waals surface area contributed by atoms with Crippen LogP contribution in [-0.2, 0) is 0 Å². The maximum absolute atomic E-state index is 8.33. The normalized spacial score (nSPS) is 8.71. The zero-order valence-electron chi connectivity index (χ0n) is 7.84. The number of nitrogens with zero attached hydrogens (tertiary/aromatic N) is 6. The lowest BCUT2D eigenvalue weighted by atomic mass is 10.1. The number of hydrogen-bond donors (Lipinski definition) is 0. The van der Waals surface area contributed by atoms with E-state index in [2.05, 4.69) is 20.1 Å². The first-order valence-corrected chi connectivity index (χ1v) is 3.90. The lowest BCUT2D eigenvalue weighted by Gasteiger charge is -2.04. The summed E-state index contributed by atoms with van der Waals surface area (Å²) in [6, 6.07) is 3.54. The van der Waals surface area contributed by atoms with Crippen molar-refractivity contribution in [1.82, 2.24) is 0 Å². The van der Waals surface area contributed by atoms with Crippen molar-refractivity contribution < 1.29 is 0 Å². The van der Waals surface area contributed by atoms with Crippen molar-refractivity contribution in [1.29, 1.82) is 0 Å². The van der Waals surface area contributed by atoms with E-state index in [9.17, 15) is 0 Å². The summed E-state index contributed by atoms with van der Waals surface area (Å²) in [5.74, 6) is 0. The van der Waals surface area contributed by atoms with E-state index in [-0.39, 0.29) is 0 Å². The molecule has 0 saturated heterocycles. The fourth-order valence-corrected chi connectivity index (χ4v) is 1.24. The van der Waals surface area contributed by atoms with E-state index in [1.165, 1.54) is 0 Å². The fraction of sp³-hybridized carbons (Fsp3) is 0.250. The highest BCUT2D eigenvalue weighted by Gasteiger charge is 2.03. The molecule has 70 valence electrons. The van der Waals surface area contributed by atoms with Crippen LogP contribution in [0.25, 0.3) is 20.9 Å². The largest absolute Gasteiger partial charge is 0.0603 e. The van der Waals surface area contributed by atoms with Crippen LogP contribution < -0.4 is 0 Å². The molecule has 0 N–H and O–H groups in total. The van der Waals surface area contributed by atoms with E-state index in [0.717, 1.165) is 11.1 Å². The van der Waals surface area contributed by atoms with Crippen LogP contribution in [0.2, 0.25) is 0 Å². The average molecular weight is 188 g/mol. The van der Waals surface area contributed by atoms with Crippen molar-refractivity contribution in [3.63, 3.8) is 0 Å². The molecule has 0 aliphatic rings. The van der Waals surface area contributed by atoms with Gasteiger partial charge in [0, 0.05) is 21.2 Å². The van der Waals surface area contributed by atoms with Crippen molar-refractivity contribution in [2.75, 3.05) is 0 Å². The molecule has 0 atom stereocenters. The molecule has 1 rings (SSSR count). The Balaban J connectivity index is 3.50. The maximum atomic E-state index is 8.33. The van der Waals surface area contributed by atoms with Gasteiger partial charge in [-0.2, -0.15) is 0 Å². The third-order valence-corrected chi connectivity index (χ3v) is 1.72. The van der Waals surface area contributed by atoms with Crippen LogP contribution in [0.15, 0.2) is 22.4 Å². The predicted octanol–water partition coefficient (Wildman–Crippen LogP) is 4.19. The van der Waals surface area contributed by atoms with Gasteiger partial charge in [0.25, 0.3) is 0 Å². The second kappa shape index (κ2) is 4.18. The predicted molar refractivity (Wildman–Crippen MR) is 53.5 cm³/mol. The number of azide groups is 2. The molecule has 1 aromatic rings. The lowest BCUT2D eigenvalue weighted by Crippen LogP contribution is -1.78. The van der Waals surface area contributed by atoms with Crippen molar-refractivity contribution >= 4 is 11.4 Å². The zero-order chi connectivity index (χ0) is 10.6. The van der Waals surface area contributed by atoms with Crippen LogP contribution in [0.3, 0.4) is 0 Å². The topological polar surface area (TPSA) is 97.5 Å². The van der Waals surface area contributed by atoms with Crippen molar-refractivity contribution in [2.24, 2.45) is 10.2 Å². The second-order valence-electron chi connectivity index (χ2n) is 2.83. The third-order valence-electron chi connectivity index (χ3n) is 1.72. The summed E-state index contributed by atoms with van der Waals surface area (Å²) in [4.78, 5) is 5.35. The zero-order valence-corrected chi connectivity index (χ0v) is 7.84. The van der Waals surface area contributed by atoms with E-state index in [1.807, 2.05) is 13.0 Å². The summed E-state index contributed by atoms with van der Waals surface area (Å²) in [5.41, 5.74) is 19.2. The summed E-state index contributed by atoms with van der Waals surface area (Å²) < 4.78 is 0. The average Bonchev–Trinajstić information content (AvgIpc) is 2.11. The van der Waals surface area contributed by atoms with Crippen LogP contribution in [0.5, 0.6) is 0 Å². The van der Waals surface area contributed by atoms with Gasteiger partial charge >= 0.3 is 0 Å². The summed E-state index contributed by atoms with van der Waals surface area (Å²) in [5, 5.41) is 6.94. The van der Waals surface area contributed by atoms with Crippen molar-refractivity contribution in [3.05, 3.63) is 44.1 Å². The quantitative estimate of drug-likeness (QED) is 0.377. The van der Waals surface area contributed by atoms with E-state index in [4.69, 9.17) is 11.1 Å². The first-order valence-electron chi connectivity index (χ1n) is 3.90. The van der Waals surface area contributed by atoms with Gasteiger partial charge in [0.1, 0.15) is 0 Å². The minimum absolute atomic E-state index is 0.364. The van der Waals surface area contributed by atoms with Gasteiger partial charge in [0.05, 0.1) is 0 Å². The van der Waals surface area contributed by atoms with Gasteiger partial charge in [-0.3, -0.25) is 0 Å². The fourth-order valence-electron chi connectivity index (χ4n) is 1.24. The van der Waals surface area contributed by atoms with E-state index in [0.29, 0.717) is 11.4 Å². The first-order chi connectivity index (χ1) is 6.69. The van der Waals surface area contributed by atoms with Gasteiger partial charge in [-0.25, -0.2) is 0 Å². The minimum atomic E-state index is 0.364. The molecular formula is C8H8N6. The number of benzene rings is 1. The minimum Gasteiger partial charge on any atom is -0.0603 e. The molecule has 14 heavy (non-hydrogen) atoms.